The maximum atomic E-state index is 9.14. The molecule has 0 saturated heterocycles. The molecule has 1 aliphatic carbocycles. The number of rotatable bonds is 1. The van der Waals surface area contributed by atoms with Gasteiger partial charge in [-0.05, 0) is 42.4 Å². The zero-order valence-corrected chi connectivity index (χ0v) is 10.2. The Morgan fingerprint density at radius 3 is 2.72 bits per heavy atom. The van der Waals surface area contributed by atoms with Crippen molar-refractivity contribution >= 4 is 5.82 Å². The fraction of sp³-hybridized carbons (Fsp3) is 0.267. The van der Waals surface area contributed by atoms with Crippen LogP contribution in [-0.2, 0) is 12.8 Å². The number of nitrogens with zero attached hydrogens (tertiary/aromatic N) is 1. The molecule has 0 bridgehead atoms. The number of aryl methyl sites for hydroxylation is 2. The molecule has 3 heteroatoms. The Kier molecular flexibility index (Phi) is 2.56. The van der Waals surface area contributed by atoms with E-state index in [2.05, 4.69) is 29.3 Å². The highest BCUT2D eigenvalue weighted by molar-refractivity contribution is 5.76. The lowest BCUT2D eigenvalue weighted by Crippen LogP contribution is -2.02. The van der Waals surface area contributed by atoms with Crippen molar-refractivity contribution in [2.45, 2.75) is 25.7 Å². The lowest BCUT2D eigenvalue weighted by atomic mass is 9.89. The summed E-state index contributed by atoms with van der Waals surface area (Å²) >= 11 is 0. The third-order valence-corrected chi connectivity index (χ3v) is 3.68. The highest BCUT2D eigenvalue weighted by Gasteiger charge is 2.14. The number of fused-ring (bicyclic) bond motifs is 1. The van der Waals surface area contributed by atoms with Gasteiger partial charge in [0.25, 0.3) is 0 Å². The monoisotopic (exact) mass is 237 g/mol. The van der Waals surface area contributed by atoms with Gasteiger partial charge >= 0.3 is 0 Å². The molecule has 1 aromatic heterocycles. The van der Waals surface area contributed by atoms with Crippen molar-refractivity contribution in [3.8, 4) is 17.2 Å². The van der Waals surface area contributed by atoms with Gasteiger partial charge in [-0.2, -0.15) is 5.26 Å². The number of nitrogen functional groups attached to an aromatic ring is 1. The Balaban J connectivity index is 2.10. The number of aromatic nitrogens is 1. The molecule has 0 amide bonds. The first-order chi connectivity index (χ1) is 8.79. The van der Waals surface area contributed by atoms with Gasteiger partial charge in [0.15, 0.2) is 0 Å². The molecule has 3 nitrogen and oxygen atoms in total. The average molecular weight is 237 g/mol. The van der Waals surface area contributed by atoms with Gasteiger partial charge in [0.05, 0.1) is 0 Å². The van der Waals surface area contributed by atoms with E-state index in [9.17, 15) is 0 Å². The second-order valence-corrected chi connectivity index (χ2v) is 4.79. The van der Waals surface area contributed by atoms with Crippen molar-refractivity contribution in [3.63, 3.8) is 0 Å². The van der Waals surface area contributed by atoms with Gasteiger partial charge in [0.1, 0.15) is 17.5 Å². The Bertz CT molecular complexity index is 632. The Morgan fingerprint density at radius 2 is 1.94 bits per heavy atom. The van der Waals surface area contributed by atoms with Crippen LogP contribution in [0.5, 0.6) is 0 Å². The van der Waals surface area contributed by atoms with Crippen molar-refractivity contribution in [2.75, 3.05) is 5.73 Å². The van der Waals surface area contributed by atoms with Crippen LogP contribution in [0.1, 0.15) is 29.5 Å². The summed E-state index contributed by atoms with van der Waals surface area (Å²) in [5.74, 6) is 0.449. The number of nitriles is 1. The van der Waals surface area contributed by atoms with E-state index in [0.717, 1.165) is 17.5 Å². The second-order valence-electron chi connectivity index (χ2n) is 4.79. The summed E-state index contributed by atoms with van der Waals surface area (Å²) in [6.07, 6.45) is 6.68. The van der Waals surface area contributed by atoms with Gasteiger partial charge in [-0.1, -0.05) is 18.2 Å². The molecule has 3 N–H and O–H groups in total. The molecule has 3 rings (SSSR count). The quantitative estimate of drug-likeness (QED) is 0.800. The number of nitrogens with two attached hydrogens (primary N) is 1. The smallest absolute Gasteiger partial charge is 0.119 e. The minimum Gasteiger partial charge on any atom is -0.384 e. The van der Waals surface area contributed by atoms with Crippen LogP contribution in [0.25, 0.3) is 11.1 Å². The number of nitrogens with one attached hydrogen (secondary N) is 1. The summed E-state index contributed by atoms with van der Waals surface area (Å²) in [6, 6.07) is 8.65. The first-order valence-corrected chi connectivity index (χ1v) is 6.28. The van der Waals surface area contributed by atoms with E-state index in [4.69, 9.17) is 11.0 Å². The number of anilines is 1. The number of hydrogen-bond donors (Lipinski definition) is 2. The largest absolute Gasteiger partial charge is 0.384 e. The van der Waals surface area contributed by atoms with E-state index >= 15 is 0 Å². The summed E-state index contributed by atoms with van der Waals surface area (Å²) in [4.78, 5) is 2.92. The van der Waals surface area contributed by atoms with Crippen molar-refractivity contribution in [3.05, 3.63) is 41.1 Å². The number of H-pyrrole nitrogens is 1. The maximum absolute atomic E-state index is 9.14. The van der Waals surface area contributed by atoms with Gasteiger partial charge in [-0.15, -0.1) is 0 Å². The number of hydrogen-bond acceptors (Lipinski definition) is 2. The van der Waals surface area contributed by atoms with E-state index in [1.54, 1.807) is 0 Å². The van der Waals surface area contributed by atoms with Gasteiger partial charge in [0, 0.05) is 11.8 Å². The molecule has 0 fully saturated rings. The minimum absolute atomic E-state index is 0.449. The van der Waals surface area contributed by atoms with E-state index in [-0.39, 0.29) is 0 Å². The summed E-state index contributed by atoms with van der Waals surface area (Å²) in [5.41, 5.74) is 11.2. The molecule has 1 aromatic carbocycles. The van der Waals surface area contributed by atoms with Gasteiger partial charge in [0.2, 0.25) is 0 Å². The number of aromatic amines is 1. The maximum Gasteiger partial charge on any atom is 0.119 e. The molecular weight excluding hydrogens is 222 g/mol. The van der Waals surface area contributed by atoms with Crippen molar-refractivity contribution in [2.24, 2.45) is 0 Å². The van der Waals surface area contributed by atoms with Gasteiger partial charge in [-0.3, -0.25) is 0 Å². The van der Waals surface area contributed by atoms with Crippen LogP contribution in [-0.4, -0.2) is 4.98 Å². The summed E-state index contributed by atoms with van der Waals surface area (Å²) in [7, 11) is 0. The summed E-state index contributed by atoms with van der Waals surface area (Å²) in [6.45, 7) is 0. The number of benzene rings is 1. The predicted octanol–water partition coefficient (Wildman–Crippen LogP) is 3.01. The lowest BCUT2D eigenvalue weighted by molar-refractivity contribution is 0.686. The Hall–Kier alpha value is -2.21. The molecule has 0 saturated carbocycles. The van der Waals surface area contributed by atoms with Crippen LogP contribution in [0, 0.1) is 11.3 Å². The zero-order chi connectivity index (χ0) is 12.5. The Morgan fingerprint density at radius 1 is 1.17 bits per heavy atom. The molecular formula is C15H15N3. The topological polar surface area (TPSA) is 65.6 Å². The molecule has 18 heavy (non-hydrogen) atoms. The Labute approximate surface area is 106 Å². The third-order valence-electron chi connectivity index (χ3n) is 3.68. The lowest BCUT2D eigenvalue weighted by Gasteiger charge is -2.16. The first kappa shape index (κ1) is 10.9. The molecule has 0 radical (unpaired) electrons. The van der Waals surface area contributed by atoms with Crippen LogP contribution in [0.15, 0.2) is 24.4 Å². The highest BCUT2D eigenvalue weighted by atomic mass is 14.8. The molecule has 0 spiro atoms. The SMILES string of the molecule is N#Cc1c(-c2ccc3c(c2)CCCC3)c[nH]c1N. The highest BCUT2D eigenvalue weighted by Crippen LogP contribution is 2.31. The average Bonchev–Trinajstić information content (AvgIpc) is 2.79. The van der Waals surface area contributed by atoms with Crippen LogP contribution in [0.2, 0.25) is 0 Å². The third kappa shape index (κ3) is 1.67. The van der Waals surface area contributed by atoms with E-state index < -0.39 is 0 Å². The van der Waals surface area contributed by atoms with Crippen molar-refractivity contribution in [1.82, 2.24) is 4.98 Å². The first-order valence-electron chi connectivity index (χ1n) is 6.28. The fourth-order valence-corrected chi connectivity index (χ4v) is 2.69. The van der Waals surface area contributed by atoms with Gasteiger partial charge < -0.3 is 10.7 Å². The van der Waals surface area contributed by atoms with E-state index in [1.165, 1.54) is 30.4 Å². The molecule has 1 aliphatic rings. The summed E-state index contributed by atoms with van der Waals surface area (Å²) in [5, 5.41) is 9.14. The molecule has 0 atom stereocenters. The van der Waals surface area contributed by atoms with Crippen molar-refractivity contribution in [1.29, 1.82) is 5.26 Å². The van der Waals surface area contributed by atoms with Crippen LogP contribution in [0.3, 0.4) is 0 Å². The minimum atomic E-state index is 0.449. The normalized spacial score (nSPS) is 13.9. The van der Waals surface area contributed by atoms with Crippen LogP contribution < -0.4 is 5.73 Å². The second kappa shape index (κ2) is 4.23. The molecule has 90 valence electrons. The van der Waals surface area contributed by atoms with E-state index in [1.807, 2.05) is 6.20 Å². The molecule has 0 aliphatic heterocycles. The van der Waals surface area contributed by atoms with E-state index in [0.29, 0.717) is 11.4 Å². The molecule has 0 unspecified atom stereocenters. The van der Waals surface area contributed by atoms with Crippen LogP contribution >= 0.6 is 0 Å². The van der Waals surface area contributed by atoms with Crippen molar-refractivity contribution < 1.29 is 0 Å². The molecule has 1 heterocycles. The van der Waals surface area contributed by atoms with Crippen LogP contribution in [0.4, 0.5) is 5.82 Å². The predicted molar refractivity (Wildman–Crippen MR) is 72.0 cm³/mol. The summed E-state index contributed by atoms with van der Waals surface area (Å²) < 4.78 is 0. The fourth-order valence-electron chi connectivity index (χ4n) is 2.69. The van der Waals surface area contributed by atoms with Gasteiger partial charge in [-0.25, -0.2) is 0 Å². The zero-order valence-electron chi connectivity index (χ0n) is 10.2. The standard InChI is InChI=1S/C15H15N3/c16-8-13-14(9-18-15(13)17)12-6-5-10-3-1-2-4-11(10)7-12/h5-7,9,18H,1-4,17H2. The molecule has 2 aromatic rings.